The molecule has 0 saturated carbocycles. The number of ether oxygens (including phenoxy) is 1. The van der Waals surface area contributed by atoms with Crippen LogP contribution >= 0.6 is 0 Å². The first-order chi connectivity index (χ1) is 9.90. The van der Waals surface area contributed by atoms with Gasteiger partial charge in [0, 0.05) is 5.56 Å². The molecule has 0 radical (unpaired) electrons. The van der Waals surface area contributed by atoms with Gasteiger partial charge in [-0.1, -0.05) is 38.1 Å². The topological polar surface area (TPSA) is 29.5 Å². The molecule has 2 nitrogen and oxygen atoms in total. The van der Waals surface area contributed by atoms with Crippen molar-refractivity contribution < 1.29 is 14.2 Å². The van der Waals surface area contributed by atoms with Gasteiger partial charge in [-0.3, -0.25) is 0 Å². The zero-order chi connectivity index (χ0) is 15.6. The number of hydrogen-bond acceptors (Lipinski definition) is 2. The minimum atomic E-state index is -0.789. The molecule has 2 aromatic carbocycles. The van der Waals surface area contributed by atoms with Gasteiger partial charge in [-0.2, -0.15) is 0 Å². The molecule has 0 fully saturated rings. The van der Waals surface area contributed by atoms with E-state index >= 15 is 0 Å². The standard InChI is InChI=1S/C18H21FO2/c1-11(2)14-9-8-12(3)10-17(14)21-18-15(13(4)20)6-5-7-16(18)19/h5-11,13,20H,1-4H3/t13-/m0/s1. The lowest BCUT2D eigenvalue weighted by atomic mass is 10.0. The molecule has 0 heterocycles. The van der Waals surface area contributed by atoms with E-state index in [0.717, 1.165) is 11.1 Å². The predicted molar refractivity (Wildman–Crippen MR) is 82.4 cm³/mol. The average molecular weight is 288 g/mol. The molecule has 3 heteroatoms. The number of benzene rings is 2. The Morgan fingerprint density at radius 2 is 1.76 bits per heavy atom. The van der Waals surface area contributed by atoms with Crippen LogP contribution in [0.25, 0.3) is 0 Å². The second-order valence-corrected chi connectivity index (χ2v) is 5.63. The van der Waals surface area contributed by atoms with Crippen molar-refractivity contribution in [2.24, 2.45) is 0 Å². The van der Waals surface area contributed by atoms with Gasteiger partial charge in [0.2, 0.25) is 0 Å². The Morgan fingerprint density at radius 1 is 1.05 bits per heavy atom. The molecule has 0 aromatic heterocycles. The quantitative estimate of drug-likeness (QED) is 0.847. The van der Waals surface area contributed by atoms with Crippen molar-refractivity contribution in [3.8, 4) is 11.5 Å². The Labute approximate surface area is 125 Å². The van der Waals surface area contributed by atoms with E-state index in [2.05, 4.69) is 13.8 Å². The number of rotatable bonds is 4. The first-order valence-electron chi connectivity index (χ1n) is 7.15. The highest BCUT2D eigenvalue weighted by Crippen LogP contribution is 2.36. The van der Waals surface area contributed by atoms with Gasteiger partial charge in [0.05, 0.1) is 6.10 Å². The van der Waals surface area contributed by atoms with E-state index in [9.17, 15) is 9.50 Å². The normalized spacial score (nSPS) is 12.5. The van der Waals surface area contributed by atoms with Crippen LogP contribution in [0, 0.1) is 12.7 Å². The molecule has 21 heavy (non-hydrogen) atoms. The van der Waals surface area contributed by atoms with E-state index in [4.69, 9.17) is 4.74 Å². The molecule has 112 valence electrons. The van der Waals surface area contributed by atoms with E-state index in [1.165, 1.54) is 6.07 Å². The van der Waals surface area contributed by atoms with Gasteiger partial charge in [-0.25, -0.2) is 4.39 Å². The lowest BCUT2D eigenvalue weighted by molar-refractivity contribution is 0.194. The van der Waals surface area contributed by atoms with Gasteiger partial charge >= 0.3 is 0 Å². The summed E-state index contributed by atoms with van der Waals surface area (Å²) in [7, 11) is 0. The molecule has 1 atom stereocenters. The lowest BCUT2D eigenvalue weighted by Crippen LogP contribution is -2.01. The minimum Gasteiger partial charge on any atom is -0.454 e. The number of aliphatic hydroxyl groups is 1. The number of aliphatic hydroxyl groups excluding tert-OH is 1. The zero-order valence-electron chi connectivity index (χ0n) is 12.9. The third-order valence-corrected chi connectivity index (χ3v) is 3.45. The average Bonchev–Trinajstić information content (AvgIpc) is 2.40. The van der Waals surface area contributed by atoms with Crippen LogP contribution in [-0.4, -0.2) is 5.11 Å². The highest BCUT2D eigenvalue weighted by molar-refractivity contribution is 5.45. The summed E-state index contributed by atoms with van der Waals surface area (Å²) < 4.78 is 19.9. The first-order valence-corrected chi connectivity index (χ1v) is 7.15. The molecule has 0 aliphatic rings. The maximum absolute atomic E-state index is 14.1. The van der Waals surface area contributed by atoms with Crippen LogP contribution in [0.3, 0.4) is 0 Å². The van der Waals surface area contributed by atoms with Gasteiger partial charge in [0.25, 0.3) is 0 Å². The summed E-state index contributed by atoms with van der Waals surface area (Å²) in [6.07, 6.45) is -0.789. The highest BCUT2D eigenvalue weighted by Gasteiger charge is 2.17. The predicted octanol–water partition coefficient (Wildman–Crippen LogP) is 5.10. The van der Waals surface area contributed by atoms with E-state index in [1.807, 2.05) is 25.1 Å². The fourth-order valence-electron chi connectivity index (χ4n) is 2.28. The smallest absolute Gasteiger partial charge is 0.168 e. The summed E-state index contributed by atoms with van der Waals surface area (Å²) in [5.74, 6) is 0.531. The van der Waals surface area contributed by atoms with Crippen molar-refractivity contribution in [1.82, 2.24) is 0 Å². The molecule has 0 saturated heterocycles. The molecule has 0 aliphatic carbocycles. The molecular formula is C18H21FO2. The summed E-state index contributed by atoms with van der Waals surface area (Å²) in [6, 6.07) is 10.5. The second kappa shape index (κ2) is 6.27. The van der Waals surface area contributed by atoms with Crippen molar-refractivity contribution in [2.45, 2.75) is 39.7 Å². The number of aryl methyl sites for hydroxylation is 1. The molecular weight excluding hydrogens is 267 g/mol. The molecule has 0 unspecified atom stereocenters. The first kappa shape index (κ1) is 15.5. The van der Waals surface area contributed by atoms with Crippen LogP contribution in [0.2, 0.25) is 0 Å². The minimum absolute atomic E-state index is 0.0972. The van der Waals surface area contributed by atoms with Crippen LogP contribution in [0.1, 0.15) is 49.5 Å². The molecule has 0 amide bonds. The van der Waals surface area contributed by atoms with Crippen molar-refractivity contribution >= 4 is 0 Å². The largest absolute Gasteiger partial charge is 0.454 e. The number of hydrogen-bond donors (Lipinski definition) is 1. The number of halogens is 1. The third kappa shape index (κ3) is 3.42. The van der Waals surface area contributed by atoms with Crippen LogP contribution in [-0.2, 0) is 0 Å². The lowest BCUT2D eigenvalue weighted by Gasteiger charge is -2.18. The summed E-state index contributed by atoms with van der Waals surface area (Å²) >= 11 is 0. The Hall–Kier alpha value is -1.87. The van der Waals surface area contributed by atoms with E-state index < -0.39 is 11.9 Å². The van der Waals surface area contributed by atoms with Crippen molar-refractivity contribution in [2.75, 3.05) is 0 Å². The van der Waals surface area contributed by atoms with Gasteiger partial charge in [-0.05, 0) is 43.0 Å². The highest BCUT2D eigenvalue weighted by atomic mass is 19.1. The molecule has 0 spiro atoms. The second-order valence-electron chi connectivity index (χ2n) is 5.63. The SMILES string of the molecule is Cc1ccc(C(C)C)c(Oc2c(F)cccc2[C@H](C)O)c1. The summed E-state index contributed by atoms with van der Waals surface area (Å²) in [6.45, 7) is 7.69. The van der Waals surface area contributed by atoms with Crippen LogP contribution in [0.5, 0.6) is 11.5 Å². The van der Waals surface area contributed by atoms with E-state index in [1.54, 1.807) is 19.1 Å². The van der Waals surface area contributed by atoms with Gasteiger partial charge in [0.15, 0.2) is 11.6 Å². The van der Waals surface area contributed by atoms with Gasteiger partial charge in [0.1, 0.15) is 5.75 Å². The number of para-hydroxylation sites is 1. The Bertz CT molecular complexity index is 633. The summed E-state index contributed by atoms with van der Waals surface area (Å²) in [5.41, 5.74) is 2.51. The molecule has 1 N–H and O–H groups in total. The monoisotopic (exact) mass is 288 g/mol. The Morgan fingerprint density at radius 3 is 2.38 bits per heavy atom. The zero-order valence-corrected chi connectivity index (χ0v) is 12.9. The maximum atomic E-state index is 14.1. The Balaban J connectivity index is 2.50. The van der Waals surface area contributed by atoms with Crippen LogP contribution in [0.15, 0.2) is 36.4 Å². The van der Waals surface area contributed by atoms with Gasteiger partial charge in [-0.15, -0.1) is 0 Å². The Kier molecular flexibility index (Phi) is 4.63. The third-order valence-electron chi connectivity index (χ3n) is 3.45. The van der Waals surface area contributed by atoms with Crippen molar-refractivity contribution in [3.05, 3.63) is 58.9 Å². The van der Waals surface area contributed by atoms with Crippen molar-refractivity contribution in [3.63, 3.8) is 0 Å². The van der Waals surface area contributed by atoms with E-state index in [-0.39, 0.29) is 11.7 Å². The van der Waals surface area contributed by atoms with Crippen LogP contribution in [0.4, 0.5) is 4.39 Å². The molecule has 2 rings (SSSR count). The maximum Gasteiger partial charge on any atom is 0.168 e. The fraction of sp³-hybridized carbons (Fsp3) is 0.333. The van der Waals surface area contributed by atoms with Crippen LogP contribution < -0.4 is 4.74 Å². The summed E-state index contributed by atoms with van der Waals surface area (Å²) in [4.78, 5) is 0. The molecule has 2 aromatic rings. The fourth-order valence-corrected chi connectivity index (χ4v) is 2.28. The van der Waals surface area contributed by atoms with E-state index in [0.29, 0.717) is 11.3 Å². The molecule has 0 aliphatic heterocycles. The molecule has 0 bridgehead atoms. The van der Waals surface area contributed by atoms with Crippen molar-refractivity contribution in [1.29, 1.82) is 0 Å². The summed E-state index contributed by atoms with van der Waals surface area (Å²) in [5, 5.41) is 9.79. The van der Waals surface area contributed by atoms with Gasteiger partial charge < -0.3 is 9.84 Å².